The number of alkyl halides is 1. The first-order chi connectivity index (χ1) is 8.52. The fourth-order valence-corrected chi connectivity index (χ4v) is 3.03. The van der Waals surface area contributed by atoms with Gasteiger partial charge in [-0.25, -0.2) is 4.39 Å². The predicted molar refractivity (Wildman–Crippen MR) is 78.7 cm³/mol. The molecule has 0 radical (unpaired) electrons. The van der Waals surface area contributed by atoms with E-state index >= 15 is 4.39 Å². The average Bonchev–Trinajstić information content (AvgIpc) is 2.32. The van der Waals surface area contributed by atoms with Crippen molar-refractivity contribution in [3.63, 3.8) is 0 Å². The fourth-order valence-electron chi connectivity index (χ4n) is 3.03. The van der Waals surface area contributed by atoms with Crippen LogP contribution in [0, 0.1) is 5.92 Å². The van der Waals surface area contributed by atoms with Gasteiger partial charge in [0.15, 0.2) is 0 Å². The van der Waals surface area contributed by atoms with Crippen LogP contribution in [0.4, 0.5) is 4.39 Å². The van der Waals surface area contributed by atoms with Crippen LogP contribution in [0.2, 0.25) is 0 Å². The summed E-state index contributed by atoms with van der Waals surface area (Å²) in [7, 11) is 3.97. The normalized spacial score (nSPS) is 27.1. The van der Waals surface area contributed by atoms with Crippen LogP contribution in [0.15, 0.2) is 24.3 Å². The maximum atomic E-state index is 15.4. The number of nitrogens with zero attached hydrogens (tertiary/aromatic N) is 1. The number of benzene rings is 1. The minimum atomic E-state index is -1.29. The van der Waals surface area contributed by atoms with Gasteiger partial charge in [0.05, 0.1) is 0 Å². The lowest BCUT2D eigenvalue weighted by molar-refractivity contribution is 0.0199. The van der Waals surface area contributed by atoms with Gasteiger partial charge in [0.1, 0.15) is 11.4 Å². The maximum absolute atomic E-state index is 15.4. The molecule has 4 heteroatoms. The van der Waals surface area contributed by atoms with E-state index in [4.69, 9.17) is 0 Å². The summed E-state index contributed by atoms with van der Waals surface area (Å²) >= 11 is 0. The number of phenols is 1. The Morgan fingerprint density at radius 1 is 1.37 bits per heavy atom. The van der Waals surface area contributed by atoms with Crippen molar-refractivity contribution in [3.05, 3.63) is 29.8 Å². The Hall–Kier alpha value is -0.800. The van der Waals surface area contributed by atoms with Gasteiger partial charge in [0, 0.05) is 12.5 Å². The Kier molecular flexibility index (Phi) is 5.63. The number of hydrogen-bond acceptors (Lipinski definition) is 2. The molecule has 1 aromatic carbocycles. The summed E-state index contributed by atoms with van der Waals surface area (Å²) in [5.74, 6) is 0.168. The third-order valence-corrected chi connectivity index (χ3v) is 3.90. The standard InChI is InChI=1S/C15H22FNO.ClH/c1-17(2)11-13-6-3-4-9-15(13,16)12-7-5-8-14(18)10-12;/h5,7-8,10,13,18H,3-4,6,9,11H2,1-2H3;1H/t13-,15+;/m0./s1. The van der Waals surface area contributed by atoms with E-state index in [1.54, 1.807) is 24.3 Å². The van der Waals surface area contributed by atoms with Crippen LogP contribution in [-0.4, -0.2) is 30.6 Å². The van der Waals surface area contributed by atoms with Gasteiger partial charge in [0.2, 0.25) is 0 Å². The molecule has 2 atom stereocenters. The number of hydrogen-bond donors (Lipinski definition) is 1. The minimum Gasteiger partial charge on any atom is -0.508 e. The first-order valence-electron chi connectivity index (χ1n) is 6.65. The van der Waals surface area contributed by atoms with Gasteiger partial charge in [-0.05, 0) is 51.1 Å². The monoisotopic (exact) mass is 287 g/mol. The van der Waals surface area contributed by atoms with Gasteiger partial charge >= 0.3 is 0 Å². The summed E-state index contributed by atoms with van der Waals surface area (Å²) < 4.78 is 15.4. The Balaban J connectivity index is 0.00000180. The summed E-state index contributed by atoms with van der Waals surface area (Å²) in [6.45, 7) is 0.756. The zero-order chi connectivity index (χ0) is 13.2. The molecule has 1 fully saturated rings. The van der Waals surface area contributed by atoms with Crippen LogP contribution in [-0.2, 0) is 5.67 Å². The van der Waals surface area contributed by atoms with Gasteiger partial charge in [-0.1, -0.05) is 18.6 Å². The van der Waals surface area contributed by atoms with Crippen molar-refractivity contribution < 1.29 is 9.50 Å². The Morgan fingerprint density at radius 3 is 2.74 bits per heavy atom. The summed E-state index contributed by atoms with van der Waals surface area (Å²) in [5, 5.41) is 9.55. The van der Waals surface area contributed by atoms with Gasteiger partial charge < -0.3 is 10.0 Å². The van der Waals surface area contributed by atoms with E-state index in [9.17, 15) is 5.11 Å². The second-order valence-electron chi connectivity index (χ2n) is 5.62. The zero-order valence-corrected chi connectivity index (χ0v) is 12.4. The van der Waals surface area contributed by atoms with E-state index in [1.807, 2.05) is 19.0 Å². The lowest BCUT2D eigenvalue weighted by atomic mass is 9.72. The molecule has 1 aliphatic rings. The van der Waals surface area contributed by atoms with Crippen LogP contribution < -0.4 is 0 Å². The lowest BCUT2D eigenvalue weighted by Crippen LogP contribution is -2.39. The summed E-state index contributed by atoms with van der Waals surface area (Å²) in [5.41, 5.74) is -0.657. The number of aromatic hydroxyl groups is 1. The van der Waals surface area contributed by atoms with E-state index in [0.29, 0.717) is 12.0 Å². The molecule has 0 heterocycles. The molecule has 0 amide bonds. The molecule has 1 aliphatic carbocycles. The van der Waals surface area contributed by atoms with Crippen molar-refractivity contribution in [1.29, 1.82) is 0 Å². The molecule has 1 aromatic rings. The van der Waals surface area contributed by atoms with Gasteiger partial charge in [0.25, 0.3) is 0 Å². The minimum absolute atomic E-state index is 0. The van der Waals surface area contributed by atoms with E-state index in [0.717, 1.165) is 25.8 Å². The molecule has 1 saturated carbocycles. The van der Waals surface area contributed by atoms with Gasteiger partial charge in [-0.3, -0.25) is 0 Å². The Morgan fingerprint density at radius 2 is 2.11 bits per heavy atom. The third kappa shape index (κ3) is 3.61. The number of halogens is 2. The molecule has 0 saturated heterocycles. The molecule has 0 bridgehead atoms. The van der Waals surface area contributed by atoms with E-state index in [2.05, 4.69) is 0 Å². The topological polar surface area (TPSA) is 23.5 Å². The van der Waals surface area contributed by atoms with Crippen molar-refractivity contribution in [3.8, 4) is 5.75 Å². The Labute approximate surface area is 121 Å². The molecule has 0 unspecified atom stereocenters. The second kappa shape index (κ2) is 6.58. The van der Waals surface area contributed by atoms with Crippen LogP contribution in [0.5, 0.6) is 5.75 Å². The highest BCUT2D eigenvalue weighted by atomic mass is 35.5. The van der Waals surface area contributed by atoms with Crippen molar-refractivity contribution >= 4 is 12.4 Å². The van der Waals surface area contributed by atoms with Crippen LogP contribution >= 0.6 is 12.4 Å². The average molecular weight is 288 g/mol. The quantitative estimate of drug-likeness (QED) is 0.916. The maximum Gasteiger partial charge on any atom is 0.140 e. The van der Waals surface area contributed by atoms with E-state index in [-0.39, 0.29) is 24.1 Å². The molecule has 0 aromatic heterocycles. The van der Waals surface area contributed by atoms with Crippen molar-refractivity contribution in [2.24, 2.45) is 5.92 Å². The summed E-state index contributed by atoms with van der Waals surface area (Å²) in [6.07, 6.45) is 3.51. The predicted octanol–water partition coefficient (Wildman–Crippen LogP) is 3.73. The Bertz CT molecular complexity index is 413. The second-order valence-corrected chi connectivity index (χ2v) is 5.62. The number of phenolic OH excluding ortho intramolecular Hbond substituents is 1. The molecule has 2 nitrogen and oxygen atoms in total. The van der Waals surface area contributed by atoms with Crippen molar-refractivity contribution in [2.75, 3.05) is 20.6 Å². The fraction of sp³-hybridized carbons (Fsp3) is 0.600. The molecule has 0 spiro atoms. The molecule has 2 rings (SSSR count). The van der Waals surface area contributed by atoms with Crippen LogP contribution in [0.1, 0.15) is 31.2 Å². The third-order valence-electron chi connectivity index (χ3n) is 3.90. The molecule has 0 aliphatic heterocycles. The van der Waals surface area contributed by atoms with Crippen LogP contribution in [0.3, 0.4) is 0 Å². The largest absolute Gasteiger partial charge is 0.508 e. The summed E-state index contributed by atoms with van der Waals surface area (Å²) in [6, 6.07) is 6.70. The van der Waals surface area contributed by atoms with Gasteiger partial charge in [-0.15, -0.1) is 12.4 Å². The molecular formula is C15H23ClFNO. The van der Waals surface area contributed by atoms with Crippen LogP contribution in [0.25, 0.3) is 0 Å². The molecule has 1 N–H and O–H groups in total. The van der Waals surface area contributed by atoms with Crippen molar-refractivity contribution in [2.45, 2.75) is 31.4 Å². The molecular weight excluding hydrogens is 265 g/mol. The SMILES string of the molecule is CN(C)C[C@@H]1CCCC[C@@]1(F)c1cccc(O)c1.Cl. The smallest absolute Gasteiger partial charge is 0.140 e. The lowest BCUT2D eigenvalue weighted by Gasteiger charge is -2.39. The van der Waals surface area contributed by atoms with Crippen molar-refractivity contribution in [1.82, 2.24) is 4.90 Å². The highest BCUT2D eigenvalue weighted by Crippen LogP contribution is 2.45. The highest BCUT2D eigenvalue weighted by molar-refractivity contribution is 5.85. The number of rotatable bonds is 3. The highest BCUT2D eigenvalue weighted by Gasteiger charge is 2.42. The summed E-state index contributed by atoms with van der Waals surface area (Å²) in [4.78, 5) is 2.05. The first kappa shape index (κ1) is 16.3. The zero-order valence-electron chi connectivity index (χ0n) is 11.6. The molecule has 19 heavy (non-hydrogen) atoms. The molecule has 108 valence electrons. The van der Waals surface area contributed by atoms with Gasteiger partial charge in [-0.2, -0.15) is 0 Å². The van der Waals surface area contributed by atoms with E-state index < -0.39 is 5.67 Å². The first-order valence-corrected chi connectivity index (χ1v) is 6.65. The van der Waals surface area contributed by atoms with E-state index in [1.165, 1.54) is 0 Å².